The minimum Gasteiger partial charge on any atom is -0.337 e. The van der Waals surface area contributed by atoms with E-state index >= 15 is 0 Å². The smallest absolute Gasteiger partial charge is 0.223 e. The van der Waals surface area contributed by atoms with E-state index in [1.165, 1.54) is 32.1 Å². The van der Waals surface area contributed by atoms with Crippen LogP contribution < -0.4 is 0 Å². The van der Waals surface area contributed by atoms with Crippen LogP contribution in [0.15, 0.2) is 0 Å². The molecular formula is C13H21NO3S. The van der Waals surface area contributed by atoms with Gasteiger partial charge in [-0.25, -0.2) is 8.42 Å². The van der Waals surface area contributed by atoms with Gasteiger partial charge in [-0.1, -0.05) is 19.3 Å². The Balaban J connectivity index is 1.58. The van der Waals surface area contributed by atoms with Gasteiger partial charge in [0.15, 0.2) is 9.84 Å². The molecule has 0 aromatic rings. The van der Waals surface area contributed by atoms with Crippen molar-refractivity contribution in [3.8, 4) is 0 Å². The fourth-order valence-electron chi connectivity index (χ4n) is 3.76. The van der Waals surface area contributed by atoms with Gasteiger partial charge in [0, 0.05) is 19.0 Å². The van der Waals surface area contributed by atoms with Gasteiger partial charge in [0.1, 0.15) is 0 Å². The van der Waals surface area contributed by atoms with Crippen molar-refractivity contribution in [3.63, 3.8) is 0 Å². The molecular weight excluding hydrogens is 250 g/mol. The maximum atomic E-state index is 12.2. The van der Waals surface area contributed by atoms with Gasteiger partial charge in [-0.05, 0) is 25.2 Å². The van der Waals surface area contributed by atoms with Crippen molar-refractivity contribution in [2.75, 3.05) is 12.3 Å². The monoisotopic (exact) mass is 271 g/mol. The first-order valence-electron chi connectivity index (χ1n) is 7.07. The Morgan fingerprint density at radius 2 is 1.89 bits per heavy atom. The predicted molar refractivity (Wildman–Crippen MR) is 68.9 cm³/mol. The molecule has 3 fully saturated rings. The number of sulfone groups is 1. The average molecular weight is 271 g/mol. The molecule has 2 heterocycles. The Kier molecular flexibility index (Phi) is 3.12. The Morgan fingerprint density at radius 3 is 2.44 bits per heavy atom. The molecule has 1 saturated carbocycles. The molecule has 2 saturated heterocycles. The van der Waals surface area contributed by atoms with Gasteiger partial charge in [-0.15, -0.1) is 0 Å². The second-order valence-electron chi connectivity index (χ2n) is 6.10. The molecule has 2 unspecified atom stereocenters. The Morgan fingerprint density at radius 1 is 1.17 bits per heavy atom. The lowest BCUT2D eigenvalue weighted by Gasteiger charge is -2.29. The zero-order chi connectivity index (χ0) is 12.8. The second kappa shape index (κ2) is 4.51. The van der Waals surface area contributed by atoms with Crippen molar-refractivity contribution in [1.82, 2.24) is 4.90 Å². The second-order valence-corrected chi connectivity index (χ2v) is 8.42. The average Bonchev–Trinajstić information content (AvgIpc) is 2.85. The molecule has 0 aromatic heterocycles. The van der Waals surface area contributed by atoms with Gasteiger partial charge >= 0.3 is 0 Å². The molecule has 18 heavy (non-hydrogen) atoms. The van der Waals surface area contributed by atoms with E-state index in [1.807, 2.05) is 4.90 Å². The lowest BCUT2D eigenvalue weighted by Crippen LogP contribution is -2.44. The van der Waals surface area contributed by atoms with E-state index in [0.29, 0.717) is 25.3 Å². The molecule has 0 N–H and O–H groups in total. The molecule has 5 heteroatoms. The lowest BCUT2D eigenvalue weighted by atomic mass is 9.86. The first-order valence-corrected chi connectivity index (χ1v) is 8.79. The molecule has 3 aliphatic rings. The molecule has 2 bridgehead atoms. The maximum Gasteiger partial charge on any atom is 0.223 e. The molecule has 4 nitrogen and oxygen atoms in total. The van der Waals surface area contributed by atoms with E-state index in [-0.39, 0.29) is 23.0 Å². The van der Waals surface area contributed by atoms with Crippen LogP contribution in [-0.4, -0.2) is 42.8 Å². The fraction of sp³-hybridized carbons (Fsp3) is 0.923. The summed E-state index contributed by atoms with van der Waals surface area (Å²) in [5, 5.41) is -0.266. The Bertz CT molecular complexity index is 439. The summed E-state index contributed by atoms with van der Waals surface area (Å²) < 4.78 is 23.3. The van der Waals surface area contributed by atoms with E-state index in [2.05, 4.69) is 0 Å². The molecule has 2 aliphatic heterocycles. The number of nitrogens with zero attached hydrogens (tertiary/aromatic N) is 1. The Hall–Kier alpha value is -0.580. The highest BCUT2D eigenvalue weighted by Crippen LogP contribution is 2.35. The van der Waals surface area contributed by atoms with Crippen molar-refractivity contribution < 1.29 is 13.2 Å². The maximum absolute atomic E-state index is 12.2. The van der Waals surface area contributed by atoms with Gasteiger partial charge in [0.25, 0.3) is 0 Å². The highest BCUT2D eigenvalue weighted by atomic mass is 32.2. The molecule has 0 aromatic carbocycles. The van der Waals surface area contributed by atoms with Crippen LogP contribution in [0.2, 0.25) is 0 Å². The number of rotatable bonds is 2. The van der Waals surface area contributed by atoms with Crippen LogP contribution >= 0.6 is 0 Å². The Labute approximate surface area is 109 Å². The summed E-state index contributed by atoms with van der Waals surface area (Å²) in [5.74, 6) is 0.944. The molecule has 3 rings (SSSR count). The van der Waals surface area contributed by atoms with Gasteiger partial charge in [-0.3, -0.25) is 4.79 Å². The summed E-state index contributed by atoms with van der Waals surface area (Å²) in [4.78, 5) is 14.1. The minimum absolute atomic E-state index is 0.0175. The highest BCUT2D eigenvalue weighted by Gasteiger charge is 2.49. The summed E-state index contributed by atoms with van der Waals surface area (Å²) in [6.07, 6.45) is 7.47. The largest absolute Gasteiger partial charge is 0.337 e. The third-order valence-electron chi connectivity index (χ3n) is 4.82. The summed E-state index contributed by atoms with van der Waals surface area (Å²) in [5.41, 5.74) is 0. The van der Waals surface area contributed by atoms with E-state index < -0.39 is 9.84 Å². The van der Waals surface area contributed by atoms with E-state index in [9.17, 15) is 13.2 Å². The molecule has 0 spiro atoms. The molecule has 0 radical (unpaired) electrons. The summed E-state index contributed by atoms with van der Waals surface area (Å²) >= 11 is 0. The molecule has 2 atom stereocenters. The van der Waals surface area contributed by atoms with Crippen molar-refractivity contribution in [2.24, 2.45) is 5.92 Å². The van der Waals surface area contributed by atoms with Gasteiger partial charge in [0.05, 0.1) is 11.0 Å². The number of carbonyl (C=O) groups excluding carboxylic acids is 1. The van der Waals surface area contributed by atoms with Crippen LogP contribution in [-0.2, 0) is 14.6 Å². The molecule has 1 aliphatic carbocycles. The van der Waals surface area contributed by atoms with Crippen LogP contribution in [0.4, 0.5) is 0 Å². The number of carbonyl (C=O) groups is 1. The number of hydrogen-bond donors (Lipinski definition) is 0. The van der Waals surface area contributed by atoms with Gasteiger partial charge in [-0.2, -0.15) is 0 Å². The van der Waals surface area contributed by atoms with Crippen LogP contribution in [0.25, 0.3) is 0 Å². The standard InChI is InChI=1S/C13H21NO3S/c15-13(6-10-4-2-1-3-5-10)14-8-12-7-11(14)9-18(12,16)17/h10-12H,1-9H2. The first-order chi connectivity index (χ1) is 8.56. The third kappa shape index (κ3) is 2.17. The highest BCUT2D eigenvalue weighted by molar-refractivity contribution is 7.92. The summed E-state index contributed by atoms with van der Waals surface area (Å²) in [7, 11) is -2.88. The van der Waals surface area contributed by atoms with E-state index in [4.69, 9.17) is 0 Å². The molecule has 102 valence electrons. The summed E-state index contributed by atoms with van der Waals surface area (Å²) in [6.45, 7) is 0.457. The van der Waals surface area contributed by atoms with Crippen molar-refractivity contribution in [1.29, 1.82) is 0 Å². The SMILES string of the molecule is O=C(CC1CCCCC1)N1CC2CC1CS2(=O)=O. The lowest BCUT2D eigenvalue weighted by molar-refractivity contribution is -0.133. The van der Waals surface area contributed by atoms with Crippen LogP contribution in [0, 0.1) is 5.92 Å². The third-order valence-corrected chi connectivity index (χ3v) is 7.02. The van der Waals surface area contributed by atoms with Crippen LogP contribution in [0.1, 0.15) is 44.9 Å². The van der Waals surface area contributed by atoms with Crippen molar-refractivity contribution >= 4 is 15.7 Å². The quantitative estimate of drug-likeness (QED) is 0.762. The van der Waals surface area contributed by atoms with E-state index in [1.54, 1.807) is 0 Å². The molecule has 1 amide bonds. The zero-order valence-electron chi connectivity index (χ0n) is 10.7. The number of likely N-dealkylation sites (tertiary alicyclic amines) is 1. The van der Waals surface area contributed by atoms with Crippen molar-refractivity contribution in [2.45, 2.75) is 56.2 Å². The van der Waals surface area contributed by atoms with Crippen LogP contribution in [0.5, 0.6) is 0 Å². The normalized spacial score (nSPS) is 35.0. The fourth-order valence-corrected chi connectivity index (χ4v) is 5.78. The van der Waals surface area contributed by atoms with Crippen LogP contribution in [0.3, 0.4) is 0 Å². The zero-order valence-corrected chi connectivity index (χ0v) is 11.5. The number of hydrogen-bond acceptors (Lipinski definition) is 3. The number of fused-ring (bicyclic) bond motifs is 2. The number of amides is 1. The first kappa shape index (κ1) is 12.5. The topological polar surface area (TPSA) is 54.5 Å². The van der Waals surface area contributed by atoms with Crippen molar-refractivity contribution in [3.05, 3.63) is 0 Å². The van der Waals surface area contributed by atoms with Gasteiger partial charge in [0.2, 0.25) is 5.91 Å². The summed E-state index contributed by atoms with van der Waals surface area (Å²) in [6, 6.07) is -0.0175. The predicted octanol–water partition coefficient (Wildman–Crippen LogP) is 1.35. The van der Waals surface area contributed by atoms with Gasteiger partial charge < -0.3 is 4.90 Å². The minimum atomic E-state index is -2.88. The van der Waals surface area contributed by atoms with E-state index in [0.717, 1.165) is 0 Å².